The van der Waals surface area contributed by atoms with Gasteiger partial charge in [-0.2, -0.15) is 5.10 Å². The largest absolute Gasteiger partial charge is 0.478 e. The van der Waals surface area contributed by atoms with Crippen molar-refractivity contribution >= 4 is 29.7 Å². The van der Waals surface area contributed by atoms with Crippen molar-refractivity contribution in [1.29, 1.82) is 0 Å². The number of nitrogens with zero attached hydrogens (tertiary/aromatic N) is 5. The lowest BCUT2D eigenvalue weighted by atomic mass is 10.0. The van der Waals surface area contributed by atoms with Gasteiger partial charge in [-0.3, -0.25) is 4.99 Å². The summed E-state index contributed by atoms with van der Waals surface area (Å²) in [6.45, 7) is 5.90. The molecule has 0 unspecified atom stereocenters. The fourth-order valence-corrected chi connectivity index (χ4v) is 3.31. The predicted molar refractivity (Wildman–Crippen MR) is 121 cm³/mol. The Bertz CT molecular complexity index is 1360. The van der Waals surface area contributed by atoms with Gasteiger partial charge in [-0.25, -0.2) is 23.7 Å². The molecule has 4 rings (SSSR count). The molecule has 8 heteroatoms. The number of halogens is 1. The summed E-state index contributed by atoms with van der Waals surface area (Å²) < 4.78 is 15.7. The molecule has 0 fully saturated rings. The summed E-state index contributed by atoms with van der Waals surface area (Å²) in [5.41, 5.74) is 4.06. The van der Waals surface area contributed by atoms with E-state index in [-0.39, 0.29) is 0 Å². The van der Waals surface area contributed by atoms with E-state index in [1.807, 2.05) is 31.3 Å². The Kier molecular flexibility index (Phi) is 5.85. The molecule has 0 amide bonds. The van der Waals surface area contributed by atoms with E-state index in [1.165, 1.54) is 18.3 Å². The van der Waals surface area contributed by atoms with Crippen LogP contribution in [0.4, 0.5) is 10.1 Å². The summed E-state index contributed by atoms with van der Waals surface area (Å²) >= 11 is 0. The molecule has 7 nitrogen and oxygen atoms in total. The Morgan fingerprint density at radius 2 is 2.03 bits per heavy atom. The van der Waals surface area contributed by atoms with Crippen LogP contribution in [0.15, 0.2) is 60.4 Å². The summed E-state index contributed by atoms with van der Waals surface area (Å²) in [5.74, 6) is -1.73. The zero-order valence-corrected chi connectivity index (χ0v) is 17.4. The molecular weight excluding hydrogens is 409 g/mol. The molecular formula is C24H20FN5O2. The van der Waals surface area contributed by atoms with E-state index >= 15 is 0 Å². The highest BCUT2D eigenvalue weighted by atomic mass is 19.1. The zero-order valence-electron chi connectivity index (χ0n) is 17.4. The van der Waals surface area contributed by atoms with E-state index in [0.717, 1.165) is 35.0 Å². The maximum Gasteiger partial charge on any atom is 0.338 e. The van der Waals surface area contributed by atoms with Gasteiger partial charge in [0.05, 0.1) is 29.3 Å². The number of rotatable bonds is 7. The van der Waals surface area contributed by atoms with E-state index in [4.69, 9.17) is 5.11 Å². The lowest BCUT2D eigenvalue weighted by molar-refractivity contribution is 0.0692. The predicted octanol–water partition coefficient (Wildman–Crippen LogP) is 4.97. The van der Waals surface area contributed by atoms with E-state index in [0.29, 0.717) is 23.5 Å². The summed E-state index contributed by atoms with van der Waals surface area (Å²) in [5, 5.41) is 13.6. The Balaban J connectivity index is 1.68. The number of imidazole rings is 1. The third-order valence-corrected chi connectivity index (χ3v) is 4.91. The molecule has 0 spiro atoms. The molecule has 160 valence electrons. The van der Waals surface area contributed by atoms with Crippen LogP contribution >= 0.6 is 0 Å². The molecule has 1 N–H and O–H groups in total. The van der Waals surface area contributed by atoms with Gasteiger partial charge in [0.25, 0.3) is 5.78 Å². The molecule has 0 aliphatic carbocycles. The molecule has 2 heterocycles. The lowest BCUT2D eigenvalue weighted by Crippen LogP contribution is -2.04. The summed E-state index contributed by atoms with van der Waals surface area (Å²) in [7, 11) is 0. The Morgan fingerprint density at radius 3 is 2.75 bits per heavy atom. The maximum atomic E-state index is 14.1. The third-order valence-electron chi connectivity index (χ3n) is 4.91. The second-order valence-electron chi connectivity index (χ2n) is 7.10. The molecule has 0 saturated heterocycles. The number of hydrogen-bond donors (Lipinski definition) is 1. The summed E-state index contributed by atoms with van der Waals surface area (Å²) in [4.78, 5) is 24.1. The Morgan fingerprint density at radius 1 is 1.22 bits per heavy atom. The first kappa shape index (κ1) is 21.0. The minimum atomic E-state index is -1.32. The van der Waals surface area contributed by atoms with Crippen molar-refractivity contribution in [2.75, 3.05) is 0 Å². The van der Waals surface area contributed by atoms with Crippen LogP contribution in [0, 0.1) is 5.82 Å². The van der Waals surface area contributed by atoms with Crippen molar-refractivity contribution in [3.63, 3.8) is 0 Å². The Hall–Kier alpha value is -4.20. The van der Waals surface area contributed by atoms with Crippen molar-refractivity contribution in [2.24, 2.45) is 4.99 Å². The van der Waals surface area contributed by atoms with Gasteiger partial charge in [0, 0.05) is 18.2 Å². The van der Waals surface area contributed by atoms with Crippen molar-refractivity contribution in [1.82, 2.24) is 19.6 Å². The van der Waals surface area contributed by atoms with Crippen LogP contribution in [-0.2, 0) is 6.42 Å². The summed E-state index contributed by atoms with van der Waals surface area (Å²) in [6.07, 6.45) is 8.21. The monoisotopic (exact) mass is 429 g/mol. The number of aromatic nitrogens is 4. The van der Waals surface area contributed by atoms with E-state index in [9.17, 15) is 9.18 Å². The highest BCUT2D eigenvalue weighted by Crippen LogP contribution is 2.24. The van der Waals surface area contributed by atoms with Crippen LogP contribution < -0.4 is 0 Å². The van der Waals surface area contributed by atoms with Gasteiger partial charge in [0.15, 0.2) is 0 Å². The van der Waals surface area contributed by atoms with Gasteiger partial charge < -0.3 is 5.11 Å². The molecule has 4 aromatic rings. The first-order valence-corrected chi connectivity index (χ1v) is 10.0. The van der Waals surface area contributed by atoms with Crippen molar-refractivity contribution in [2.45, 2.75) is 19.8 Å². The maximum absolute atomic E-state index is 14.1. The number of carboxylic acid groups (broad SMARTS) is 1. The molecule has 32 heavy (non-hydrogen) atoms. The van der Waals surface area contributed by atoms with E-state index < -0.39 is 17.3 Å². The first-order chi connectivity index (χ1) is 15.5. The molecule has 0 radical (unpaired) electrons. The van der Waals surface area contributed by atoms with Crippen LogP contribution in [0.3, 0.4) is 0 Å². The van der Waals surface area contributed by atoms with Crippen LogP contribution in [0.5, 0.6) is 0 Å². The van der Waals surface area contributed by atoms with Crippen molar-refractivity contribution < 1.29 is 14.3 Å². The molecule has 2 aromatic heterocycles. The standard InChI is InChI=1S/C24H20FN5O2/c1-3-9-26-21-8-5-15(10-16(21)4-2)11-18-13-27-24-28-14-22(29-30(18)24)17-6-7-19(23(31)32)20(25)12-17/h4-10,12-14H,2-3,11H2,1H3,(H,31,32). The number of aromatic carboxylic acids is 1. The van der Waals surface area contributed by atoms with Crippen LogP contribution in [0.2, 0.25) is 0 Å². The number of carbonyl (C=O) groups is 1. The molecule has 0 aliphatic heterocycles. The smallest absolute Gasteiger partial charge is 0.338 e. The lowest BCUT2D eigenvalue weighted by Gasteiger charge is -2.07. The number of benzene rings is 2. The number of fused-ring (bicyclic) bond motifs is 1. The van der Waals surface area contributed by atoms with Gasteiger partial charge in [-0.15, -0.1) is 0 Å². The van der Waals surface area contributed by atoms with Gasteiger partial charge in [-0.1, -0.05) is 31.7 Å². The Labute approximate surface area is 183 Å². The quantitative estimate of drug-likeness (QED) is 0.419. The van der Waals surface area contributed by atoms with Gasteiger partial charge in [0.2, 0.25) is 0 Å². The highest BCUT2D eigenvalue weighted by Gasteiger charge is 2.14. The number of hydrogen-bond acceptors (Lipinski definition) is 5. The minimum Gasteiger partial charge on any atom is -0.478 e. The van der Waals surface area contributed by atoms with Crippen LogP contribution in [-0.4, -0.2) is 36.9 Å². The van der Waals surface area contributed by atoms with Crippen LogP contribution in [0.25, 0.3) is 23.1 Å². The number of aliphatic imine (C=N–C) groups is 1. The van der Waals surface area contributed by atoms with E-state index in [2.05, 4.69) is 26.6 Å². The second-order valence-corrected chi connectivity index (χ2v) is 7.10. The third kappa shape index (κ3) is 4.15. The van der Waals surface area contributed by atoms with E-state index in [1.54, 1.807) is 16.8 Å². The fourth-order valence-electron chi connectivity index (χ4n) is 3.31. The normalized spacial score (nSPS) is 11.3. The minimum absolute atomic E-state index is 0.393. The SMILES string of the molecule is C=Cc1cc(Cc2cnc3ncc(-c4ccc(C(=O)O)c(F)c4)nn23)ccc1N=CCC. The first-order valence-electron chi connectivity index (χ1n) is 10.0. The average molecular weight is 429 g/mol. The summed E-state index contributed by atoms with van der Waals surface area (Å²) in [6, 6.07) is 9.82. The molecule has 2 aromatic carbocycles. The van der Waals surface area contributed by atoms with Crippen LogP contribution in [0.1, 0.15) is 40.5 Å². The van der Waals surface area contributed by atoms with Crippen molar-refractivity contribution in [3.8, 4) is 11.3 Å². The molecule has 0 aliphatic rings. The van der Waals surface area contributed by atoms with Crippen molar-refractivity contribution in [3.05, 3.63) is 83.6 Å². The van der Waals surface area contributed by atoms with Gasteiger partial charge in [-0.05, 0) is 41.8 Å². The molecule has 0 bridgehead atoms. The number of carboxylic acids is 1. The highest BCUT2D eigenvalue weighted by molar-refractivity contribution is 5.88. The zero-order chi connectivity index (χ0) is 22.7. The molecule has 0 saturated carbocycles. The molecule has 0 atom stereocenters. The average Bonchev–Trinajstić information content (AvgIpc) is 3.19. The topological polar surface area (TPSA) is 92.7 Å². The van der Waals surface area contributed by atoms with Gasteiger partial charge >= 0.3 is 5.97 Å². The van der Waals surface area contributed by atoms with Gasteiger partial charge in [0.1, 0.15) is 11.5 Å². The second kappa shape index (κ2) is 8.89. The fraction of sp³-hybridized carbons (Fsp3) is 0.125.